The van der Waals surface area contributed by atoms with E-state index in [9.17, 15) is 4.79 Å². The van der Waals surface area contributed by atoms with Crippen LogP contribution in [0.1, 0.15) is 22.3 Å². The summed E-state index contributed by atoms with van der Waals surface area (Å²) in [4.78, 5) is 21.2. The van der Waals surface area contributed by atoms with E-state index >= 15 is 0 Å². The van der Waals surface area contributed by atoms with Crippen LogP contribution >= 0.6 is 0 Å². The lowest BCUT2D eigenvalue weighted by atomic mass is 10.1. The summed E-state index contributed by atoms with van der Waals surface area (Å²) >= 11 is 0. The minimum absolute atomic E-state index is 0.142. The fraction of sp³-hybridized carbons (Fsp3) is 0.250. The molecule has 0 saturated carbocycles. The van der Waals surface area contributed by atoms with E-state index in [1.165, 1.54) is 5.56 Å². The molecule has 1 aromatic carbocycles. The van der Waals surface area contributed by atoms with Gasteiger partial charge in [-0.3, -0.25) is 4.79 Å². The molecule has 3 heterocycles. The van der Waals surface area contributed by atoms with Crippen LogP contribution < -0.4 is 5.32 Å². The molecule has 8 nitrogen and oxygen atoms in total. The highest BCUT2D eigenvalue weighted by molar-refractivity contribution is 5.96. The highest BCUT2D eigenvalue weighted by Gasteiger charge is 2.10. The molecule has 0 aliphatic rings. The molecule has 0 saturated heterocycles. The number of carbonyl (C=O) groups excluding carboxylic acids is 1. The monoisotopic (exact) mass is 375 g/mol. The van der Waals surface area contributed by atoms with Crippen molar-refractivity contribution in [3.63, 3.8) is 0 Å². The zero-order chi connectivity index (χ0) is 19.2. The number of carbonyl (C=O) groups is 1. The van der Waals surface area contributed by atoms with Gasteiger partial charge in [0.25, 0.3) is 5.91 Å². The smallest absolute Gasteiger partial charge is 0.252 e. The number of pyridine rings is 1. The zero-order valence-corrected chi connectivity index (χ0v) is 15.4. The molecule has 0 bridgehead atoms. The van der Waals surface area contributed by atoms with Crippen molar-refractivity contribution in [1.82, 2.24) is 34.6 Å². The van der Waals surface area contributed by atoms with Gasteiger partial charge in [0.05, 0.1) is 11.9 Å². The van der Waals surface area contributed by atoms with Gasteiger partial charge in [-0.1, -0.05) is 30.3 Å². The van der Waals surface area contributed by atoms with Crippen molar-refractivity contribution in [2.24, 2.45) is 0 Å². The summed E-state index contributed by atoms with van der Waals surface area (Å²) in [5, 5.41) is 10.4. The average molecular weight is 375 g/mol. The van der Waals surface area contributed by atoms with Crippen molar-refractivity contribution in [2.45, 2.75) is 25.9 Å². The molecule has 0 aliphatic heterocycles. The lowest BCUT2D eigenvalue weighted by Crippen LogP contribution is -2.25. The number of nitrogens with zero attached hydrogens (tertiary/aromatic N) is 6. The van der Waals surface area contributed by atoms with E-state index in [4.69, 9.17) is 0 Å². The molecule has 28 heavy (non-hydrogen) atoms. The van der Waals surface area contributed by atoms with Crippen molar-refractivity contribution in [3.8, 4) is 0 Å². The number of imidazole rings is 1. The molecule has 3 aromatic heterocycles. The van der Waals surface area contributed by atoms with Crippen molar-refractivity contribution >= 4 is 17.1 Å². The van der Waals surface area contributed by atoms with Crippen molar-refractivity contribution in [1.29, 1.82) is 0 Å². The number of nitrogens with one attached hydrogen (secondary N) is 1. The minimum atomic E-state index is -0.142. The van der Waals surface area contributed by atoms with Gasteiger partial charge in [-0.15, -0.1) is 10.2 Å². The highest BCUT2D eigenvalue weighted by atomic mass is 16.1. The number of hydrogen-bond acceptors (Lipinski definition) is 5. The Morgan fingerprint density at radius 3 is 2.64 bits per heavy atom. The molecule has 0 aliphatic carbocycles. The van der Waals surface area contributed by atoms with Crippen LogP contribution in [0.15, 0.2) is 61.6 Å². The summed E-state index contributed by atoms with van der Waals surface area (Å²) in [6.07, 6.45) is 8.41. The molecule has 4 aromatic rings. The fourth-order valence-electron chi connectivity index (χ4n) is 3.03. The second-order valence-electron chi connectivity index (χ2n) is 6.55. The Hall–Kier alpha value is -3.55. The normalized spacial score (nSPS) is 11.0. The van der Waals surface area contributed by atoms with E-state index in [2.05, 4.69) is 37.6 Å². The van der Waals surface area contributed by atoms with Crippen LogP contribution in [-0.2, 0) is 19.5 Å². The highest BCUT2D eigenvalue weighted by Crippen LogP contribution is 2.13. The maximum Gasteiger partial charge on any atom is 0.252 e. The number of benzene rings is 1. The Morgan fingerprint density at radius 2 is 1.82 bits per heavy atom. The number of rotatable bonds is 8. The van der Waals surface area contributed by atoms with Crippen molar-refractivity contribution < 1.29 is 4.79 Å². The van der Waals surface area contributed by atoms with Gasteiger partial charge in [0.1, 0.15) is 18.2 Å². The summed E-state index contributed by atoms with van der Waals surface area (Å²) in [7, 11) is 0. The van der Waals surface area contributed by atoms with Crippen LogP contribution in [0, 0.1) is 0 Å². The summed E-state index contributed by atoms with van der Waals surface area (Å²) in [5.74, 6) is -0.142. The van der Waals surface area contributed by atoms with E-state index in [0.717, 1.165) is 37.1 Å². The molecule has 0 radical (unpaired) electrons. The first-order valence-corrected chi connectivity index (χ1v) is 9.25. The molecule has 0 fully saturated rings. The van der Waals surface area contributed by atoms with Gasteiger partial charge in [-0.2, -0.15) is 0 Å². The predicted octanol–water partition coefficient (Wildman–Crippen LogP) is 2.09. The quantitative estimate of drug-likeness (QED) is 0.476. The first kappa shape index (κ1) is 17.8. The van der Waals surface area contributed by atoms with Gasteiger partial charge in [0, 0.05) is 25.8 Å². The number of hydrogen-bond donors (Lipinski definition) is 1. The number of aryl methyl sites for hydroxylation is 3. The lowest BCUT2D eigenvalue weighted by Gasteiger charge is -2.06. The number of fused-ring (bicyclic) bond motifs is 1. The Bertz CT molecular complexity index is 1040. The summed E-state index contributed by atoms with van der Waals surface area (Å²) in [5.41, 5.74) is 3.31. The van der Waals surface area contributed by atoms with Gasteiger partial charge in [-0.05, 0) is 24.5 Å². The van der Waals surface area contributed by atoms with Crippen LogP contribution in [-0.4, -0.2) is 41.8 Å². The lowest BCUT2D eigenvalue weighted by molar-refractivity contribution is 0.0952. The van der Waals surface area contributed by atoms with Gasteiger partial charge < -0.3 is 14.5 Å². The predicted molar refractivity (Wildman–Crippen MR) is 105 cm³/mol. The van der Waals surface area contributed by atoms with Crippen LogP contribution in [0.25, 0.3) is 11.2 Å². The second kappa shape index (κ2) is 8.43. The molecule has 142 valence electrons. The standard InChI is InChI=1S/C20H21N7O/c28-20(21-8-4-9-26-14-24-25-15-26)17-11-18-19(22-12-17)27(13-23-18)10-7-16-5-2-1-3-6-16/h1-3,5-6,11-15H,4,7-10H2,(H,21,28). The minimum Gasteiger partial charge on any atom is -0.352 e. The largest absolute Gasteiger partial charge is 0.352 e. The molecule has 8 heteroatoms. The third-order valence-corrected chi connectivity index (χ3v) is 4.55. The van der Waals surface area contributed by atoms with E-state index in [0.29, 0.717) is 12.1 Å². The van der Waals surface area contributed by atoms with E-state index < -0.39 is 0 Å². The van der Waals surface area contributed by atoms with Gasteiger partial charge in [0.15, 0.2) is 5.65 Å². The van der Waals surface area contributed by atoms with Gasteiger partial charge in [0.2, 0.25) is 0 Å². The SMILES string of the molecule is O=C(NCCCn1cnnc1)c1cnc2c(c1)ncn2CCc1ccccc1. The third-order valence-electron chi connectivity index (χ3n) is 4.55. The van der Waals surface area contributed by atoms with E-state index in [-0.39, 0.29) is 5.91 Å². The molecule has 0 atom stereocenters. The van der Waals surface area contributed by atoms with Crippen LogP contribution in [0.5, 0.6) is 0 Å². The van der Waals surface area contributed by atoms with Crippen molar-refractivity contribution in [3.05, 3.63) is 72.7 Å². The Balaban J connectivity index is 1.34. The average Bonchev–Trinajstić information content (AvgIpc) is 3.39. The Morgan fingerprint density at radius 1 is 1.00 bits per heavy atom. The maximum atomic E-state index is 12.4. The van der Waals surface area contributed by atoms with Gasteiger partial charge in [-0.25, -0.2) is 9.97 Å². The molecular weight excluding hydrogens is 354 g/mol. The van der Waals surface area contributed by atoms with Crippen LogP contribution in [0.2, 0.25) is 0 Å². The first-order valence-electron chi connectivity index (χ1n) is 9.25. The molecule has 0 spiro atoms. The van der Waals surface area contributed by atoms with Gasteiger partial charge >= 0.3 is 0 Å². The van der Waals surface area contributed by atoms with Crippen molar-refractivity contribution in [2.75, 3.05) is 6.54 Å². The zero-order valence-electron chi connectivity index (χ0n) is 15.4. The first-order chi connectivity index (χ1) is 13.8. The topological polar surface area (TPSA) is 90.5 Å². The fourth-order valence-corrected chi connectivity index (χ4v) is 3.03. The maximum absolute atomic E-state index is 12.4. The second-order valence-corrected chi connectivity index (χ2v) is 6.55. The Kier molecular flexibility index (Phi) is 5.37. The Labute approximate surface area is 162 Å². The molecule has 1 N–H and O–H groups in total. The summed E-state index contributed by atoms with van der Waals surface area (Å²) in [6.45, 7) is 2.12. The molecule has 4 rings (SSSR count). The van der Waals surface area contributed by atoms with Crippen LogP contribution in [0.4, 0.5) is 0 Å². The third kappa shape index (κ3) is 4.22. The van der Waals surface area contributed by atoms with Crippen LogP contribution in [0.3, 0.4) is 0 Å². The molecular formula is C20H21N7O. The molecule has 0 unspecified atom stereocenters. The number of amides is 1. The summed E-state index contributed by atoms with van der Waals surface area (Å²) < 4.78 is 3.89. The number of aromatic nitrogens is 6. The van der Waals surface area contributed by atoms with E-state index in [1.54, 1.807) is 31.2 Å². The summed E-state index contributed by atoms with van der Waals surface area (Å²) in [6, 6.07) is 12.1. The molecule has 1 amide bonds. The van der Waals surface area contributed by atoms with E-state index in [1.807, 2.05) is 27.3 Å².